The van der Waals surface area contributed by atoms with Crippen molar-refractivity contribution < 1.29 is 27.6 Å². The molecule has 0 radical (unpaired) electrons. The van der Waals surface area contributed by atoms with Gasteiger partial charge in [0.15, 0.2) is 0 Å². The number of nitrogens with one attached hydrogen (secondary N) is 1. The highest BCUT2D eigenvalue weighted by atomic mass is 19.4. The maximum atomic E-state index is 13.7. The quantitative estimate of drug-likeness (QED) is 0.215. The number of unbranched alkanes of at least 4 members (excludes halogenated alkanes) is 1. The predicted molar refractivity (Wildman–Crippen MR) is 154 cm³/mol. The molecule has 2 amide bonds. The van der Waals surface area contributed by atoms with Crippen molar-refractivity contribution in [1.29, 1.82) is 0 Å². The van der Waals surface area contributed by atoms with Crippen molar-refractivity contribution in [3.63, 3.8) is 0 Å². The van der Waals surface area contributed by atoms with E-state index in [1.165, 1.54) is 0 Å². The van der Waals surface area contributed by atoms with E-state index in [0.29, 0.717) is 44.6 Å². The highest BCUT2D eigenvalue weighted by Gasteiger charge is 2.49. The van der Waals surface area contributed by atoms with Gasteiger partial charge < -0.3 is 10.2 Å². The van der Waals surface area contributed by atoms with Gasteiger partial charge in [-0.25, -0.2) is 0 Å². The van der Waals surface area contributed by atoms with Crippen LogP contribution in [0, 0.1) is 0 Å². The molecule has 3 aromatic carbocycles. The number of carbonyl (C=O) groups is 3. The van der Waals surface area contributed by atoms with Crippen molar-refractivity contribution in [3.05, 3.63) is 95.6 Å². The summed E-state index contributed by atoms with van der Waals surface area (Å²) in [5.74, 6) is -1.65. The number of carbonyl (C=O) groups excluding carboxylic acids is 3. The number of Topliss-reactive ketones (excluding diaryl/α,β-unsaturated/α-hetero) is 1. The van der Waals surface area contributed by atoms with Gasteiger partial charge in [0.05, 0.1) is 0 Å². The van der Waals surface area contributed by atoms with E-state index in [4.69, 9.17) is 0 Å². The van der Waals surface area contributed by atoms with E-state index in [1.54, 1.807) is 35.2 Å². The third-order valence-corrected chi connectivity index (χ3v) is 8.43. The Bertz CT molecular complexity index is 1410. The van der Waals surface area contributed by atoms with Gasteiger partial charge in [-0.1, -0.05) is 85.3 Å². The molecule has 1 fully saturated rings. The van der Waals surface area contributed by atoms with Gasteiger partial charge in [0.25, 0.3) is 5.91 Å². The number of alkyl halides is 3. The van der Waals surface area contributed by atoms with Gasteiger partial charge in [-0.05, 0) is 48.6 Å². The molecule has 1 aliphatic heterocycles. The van der Waals surface area contributed by atoms with Crippen LogP contribution < -0.4 is 5.32 Å². The number of amides is 2. The summed E-state index contributed by atoms with van der Waals surface area (Å²) < 4.78 is 39.3. The minimum absolute atomic E-state index is 0.0308. The summed E-state index contributed by atoms with van der Waals surface area (Å²) in [4.78, 5) is 43.0. The lowest BCUT2D eigenvalue weighted by molar-refractivity contribution is -0.141. The van der Waals surface area contributed by atoms with E-state index in [9.17, 15) is 27.6 Å². The second kappa shape index (κ2) is 12.1. The lowest BCUT2D eigenvalue weighted by atomic mass is 9.73. The largest absolute Gasteiger partial charge is 0.405 e. The first kappa shape index (κ1) is 29.5. The first-order valence-electron chi connectivity index (χ1n) is 14.3. The van der Waals surface area contributed by atoms with E-state index >= 15 is 0 Å². The van der Waals surface area contributed by atoms with Crippen molar-refractivity contribution in [2.24, 2.45) is 0 Å². The lowest BCUT2D eigenvalue weighted by Gasteiger charge is -2.39. The first-order chi connectivity index (χ1) is 20.1. The molecule has 9 heteroatoms. The fourth-order valence-electron chi connectivity index (χ4n) is 6.36. The highest BCUT2D eigenvalue weighted by Crippen LogP contribution is 2.51. The molecule has 1 aliphatic carbocycles. The molecule has 0 spiro atoms. The second-order valence-electron chi connectivity index (χ2n) is 11.1. The second-order valence-corrected chi connectivity index (χ2v) is 11.1. The molecule has 1 N–H and O–H groups in total. The molecule has 5 rings (SSSR count). The summed E-state index contributed by atoms with van der Waals surface area (Å²) >= 11 is 0. The van der Waals surface area contributed by atoms with Crippen LogP contribution in [0.3, 0.4) is 0 Å². The summed E-state index contributed by atoms with van der Waals surface area (Å²) in [6.07, 6.45) is -2.82. The molecule has 0 bridgehead atoms. The zero-order valence-corrected chi connectivity index (χ0v) is 23.5. The normalized spacial score (nSPS) is 17.8. The van der Waals surface area contributed by atoms with Gasteiger partial charge >= 0.3 is 6.18 Å². The molecule has 3 aromatic rings. The van der Waals surface area contributed by atoms with Crippen LogP contribution in [0.5, 0.6) is 0 Å². The van der Waals surface area contributed by atoms with Crippen LogP contribution in [-0.4, -0.2) is 72.3 Å². The van der Waals surface area contributed by atoms with E-state index in [0.717, 1.165) is 28.7 Å². The van der Waals surface area contributed by atoms with Gasteiger partial charge in [-0.15, -0.1) is 0 Å². The Kier molecular flexibility index (Phi) is 8.50. The molecule has 1 heterocycles. The summed E-state index contributed by atoms with van der Waals surface area (Å²) in [5, 5.41) is 2.18. The minimum Gasteiger partial charge on any atom is -0.346 e. The number of hydrogen-bond donors (Lipinski definition) is 1. The van der Waals surface area contributed by atoms with Crippen molar-refractivity contribution in [1.82, 2.24) is 15.1 Å². The van der Waals surface area contributed by atoms with E-state index < -0.39 is 35.7 Å². The number of ketones is 1. The van der Waals surface area contributed by atoms with Crippen molar-refractivity contribution in [3.8, 4) is 11.1 Å². The van der Waals surface area contributed by atoms with Crippen molar-refractivity contribution in [2.45, 2.75) is 43.8 Å². The van der Waals surface area contributed by atoms with Crippen LogP contribution >= 0.6 is 0 Å². The van der Waals surface area contributed by atoms with Crippen LogP contribution in [-0.2, 0) is 15.0 Å². The maximum Gasteiger partial charge on any atom is 0.405 e. The molecular formula is C33H34F3N3O3. The number of rotatable bonds is 9. The Morgan fingerprint density at radius 2 is 1.45 bits per heavy atom. The summed E-state index contributed by atoms with van der Waals surface area (Å²) in [6, 6.07) is 23.5. The van der Waals surface area contributed by atoms with Crippen LogP contribution in [0.4, 0.5) is 13.2 Å². The smallest absolute Gasteiger partial charge is 0.346 e. The standard InChI is InChI=1S/C33H34F3N3O3/c1-23-21-39(30(41)29(40)24-11-3-2-4-12-24)20-19-38(23)18-10-9-17-32(31(42)37-22-33(34,35)36)27-15-7-5-13-25(27)26-14-6-8-16-28(26)32/h2-8,11-16,23H,9-10,17-22H2,1H3,(H,37,42)/t23-/m0/s1. The van der Waals surface area contributed by atoms with Crippen LogP contribution in [0.1, 0.15) is 47.7 Å². The summed E-state index contributed by atoms with van der Waals surface area (Å²) in [5.41, 5.74) is 2.36. The fraction of sp³-hybridized carbons (Fsp3) is 0.364. The topological polar surface area (TPSA) is 69.7 Å². The first-order valence-corrected chi connectivity index (χ1v) is 14.3. The molecule has 0 aromatic heterocycles. The van der Waals surface area contributed by atoms with E-state index in [-0.39, 0.29) is 6.04 Å². The molecule has 0 saturated carbocycles. The van der Waals surface area contributed by atoms with Gasteiger partial charge in [-0.3, -0.25) is 19.3 Å². The molecule has 6 nitrogen and oxygen atoms in total. The Morgan fingerprint density at radius 1 is 0.857 bits per heavy atom. The van der Waals surface area contributed by atoms with Gasteiger partial charge in [-0.2, -0.15) is 13.2 Å². The number of hydrogen-bond acceptors (Lipinski definition) is 4. The average molecular weight is 578 g/mol. The molecule has 1 saturated heterocycles. The molecule has 2 aliphatic rings. The van der Waals surface area contributed by atoms with Gasteiger partial charge in [0.1, 0.15) is 12.0 Å². The van der Waals surface area contributed by atoms with Gasteiger partial charge in [0.2, 0.25) is 11.7 Å². The number of halogens is 3. The summed E-state index contributed by atoms with van der Waals surface area (Å²) in [7, 11) is 0. The maximum absolute atomic E-state index is 13.7. The number of nitrogens with zero attached hydrogens (tertiary/aromatic N) is 2. The number of fused-ring (bicyclic) bond motifs is 3. The van der Waals surface area contributed by atoms with E-state index in [1.807, 2.05) is 55.5 Å². The van der Waals surface area contributed by atoms with Crippen molar-refractivity contribution >= 4 is 17.6 Å². The average Bonchev–Trinajstić information content (AvgIpc) is 3.28. The van der Waals surface area contributed by atoms with Crippen LogP contribution in [0.15, 0.2) is 78.9 Å². The van der Waals surface area contributed by atoms with E-state index in [2.05, 4.69) is 10.2 Å². The monoisotopic (exact) mass is 577 g/mol. The summed E-state index contributed by atoms with van der Waals surface area (Å²) in [6.45, 7) is 2.82. The Morgan fingerprint density at radius 3 is 2.05 bits per heavy atom. The Balaban J connectivity index is 1.25. The zero-order valence-electron chi connectivity index (χ0n) is 23.5. The van der Waals surface area contributed by atoms with Crippen molar-refractivity contribution in [2.75, 3.05) is 32.7 Å². The molecule has 42 heavy (non-hydrogen) atoms. The van der Waals surface area contributed by atoms with Gasteiger partial charge in [0, 0.05) is 31.2 Å². The fourth-order valence-corrected chi connectivity index (χ4v) is 6.36. The van der Waals surface area contributed by atoms with Crippen LogP contribution in [0.2, 0.25) is 0 Å². The third kappa shape index (κ3) is 5.83. The zero-order chi connectivity index (χ0) is 29.9. The Labute approximate surface area is 243 Å². The molecule has 0 unspecified atom stereocenters. The predicted octanol–water partition coefficient (Wildman–Crippen LogP) is 5.22. The molecular weight excluding hydrogens is 543 g/mol. The highest BCUT2D eigenvalue weighted by molar-refractivity contribution is 6.42. The number of benzene rings is 3. The minimum atomic E-state index is -4.51. The van der Waals surface area contributed by atoms with Crippen LogP contribution in [0.25, 0.3) is 11.1 Å². The Hall–Kier alpha value is -3.98. The third-order valence-electron chi connectivity index (χ3n) is 8.43. The lowest BCUT2D eigenvalue weighted by Crippen LogP contribution is -2.55. The molecule has 1 atom stereocenters. The number of piperazine rings is 1. The molecule has 220 valence electrons. The SMILES string of the molecule is C[C@H]1CN(C(=O)C(=O)c2ccccc2)CCN1CCCCC1(C(=O)NCC(F)(F)F)c2ccccc2-c2ccccc21.